The van der Waals surface area contributed by atoms with Crippen molar-refractivity contribution in [2.24, 2.45) is 5.92 Å². The van der Waals surface area contributed by atoms with Crippen LogP contribution in [-0.2, 0) is 4.79 Å². The Balaban J connectivity index is 2.50. The van der Waals surface area contributed by atoms with Gasteiger partial charge in [-0.2, -0.15) is 0 Å². The van der Waals surface area contributed by atoms with E-state index in [9.17, 15) is 4.79 Å². The Hall–Kier alpha value is -0.810. The number of piperidine rings is 1. The van der Waals surface area contributed by atoms with Gasteiger partial charge in [0.1, 0.15) is 0 Å². The number of likely N-dealkylation sites (tertiary alicyclic amines) is 1. The van der Waals surface area contributed by atoms with E-state index < -0.39 is 0 Å². The molecule has 2 nitrogen and oxygen atoms in total. The molecule has 0 aromatic rings. The average molecular weight is 221 g/mol. The number of rotatable bonds is 2. The smallest absolute Gasteiger partial charge is 0.205 e. The number of nitrogens with zero attached hydrogens (tertiary/aromatic N) is 1. The number of ketones is 1. The minimum atomic E-state index is 0.100. The van der Waals surface area contributed by atoms with Gasteiger partial charge in [-0.05, 0) is 58.9 Å². The predicted molar refractivity (Wildman–Crippen MR) is 67.1 cm³/mol. The van der Waals surface area contributed by atoms with E-state index in [0.717, 1.165) is 13.1 Å². The molecule has 1 fully saturated rings. The molecule has 1 saturated heterocycles. The van der Waals surface area contributed by atoms with E-state index >= 15 is 0 Å². The summed E-state index contributed by atoms with van der Waals surface area (Å²) in [4.78, 5) is 14.0. The van der Waals surface area contributed by atoms with Crippen molar-refractivity contribution >= 4 is 5.78 Å². The molecule has 90 valence electrons. The Morgan fingerprint density at radius 1 is 1.44 bits per heavy atom. The molecule has 0 N–H and O–H groups in total. The molecule has 0 amide bonds. The minimum absolute atomic E-state index is 0.100. The molecule has 1 unspecified atom stereocenters. The van der Waals surface area contributed by atoms with Crippen LogP contribution in [0.3, 0.4) is 0 Å². The maximum absolute atomic E-state index is 11.5. The summed E-state index contributed by atoms with van der Waals surface area (Å²) in [7, 11) is 0. The number of Topliss-reactive ketones (excluding diaryl/α,β-unsaturated/α-hetero) is 1. The van der Waals surface area contributed by atoms with Gasteiger partial charge in [0, 0.05) is 18.5 Å². The van der Waals surface area contributed by atoms with Gasteiger partial charge in [0.2, 0.25) is 5.78 Å². The molecule has 2 heteroatoms. The third kappa shape index (κ3) is 3.98. The minimum Gasteiger partial charge on any atom is -0.298 e. The normalized spacial score (nSPS) is 22.4. The second kappa shape index (κ2) is 5.50. The number of hydrogen-bond donors (Lipinski definition) is 0. The molecule has 1 heterocycles. The number of hydrogen-bond acceptors (Lipinski definition) is 2. The van der Waals surface area contributed by atoms with Crippen molar-refractivity contribution in [3.63, 3.8) is 0 Å². The molecule has 0 bridgehead atoms. The van der Waals surface area contributed by atoms with Gasteiger partial charge in [-0.15, -0.1) is 0 Å². The van der Waals surface area contributed by atoms with Crippen molar-refractivity contribution in [3.8, 4) is 11.8 Å². The maximum Gasteiger partial charge on any atom is 0.205 e. The van der Waals surface area contributed by atoms with E-state index in [0.29, 0.717) is 12.3 Å². The Kier molecular flexibility index (Phi) is 4.56. The highest BCUT2D eigenvalue weighted by Gasteiger charge is 2.28. The quantitative estimate of drug-likeness (QED) is 0.527. The molecule has 0 aromatic carbocycles. The van der Waals surface area contributed by atoms with Gasteiger partial charge in [0.15, 0.2) is 0 Å². The zero-order valence-electron chi connectivity index (χ0n) is 11.0. The van der Waals surface area contributed by atoms with Crippen LogP contribution in [0.25, 0.3) is 0 Å². The fourth-order valence-electron chi connectivity index (χ4n) is 2.29. The lowest BCUT2D eigenvalue weighted by Gasteiger charge is -2.41. The van der Waals surface area contributed by atoms with Crippen molar-refractivity contribution in [2.75, 3.05) is 13.1 Å². The second-order valence-electron chi connectivity index (χ2n) is 5.63. The van der Waals surface area contributed by atoms with Crippen LogP contribution in [0.2, 0.25) is 0 Å². The molecule has 1 rings (SSSR count). The summed E-state index contributed by atoms with van der Waals surface area (Å²) >= 11 is 0. The fraction of sp³-hybridized carbons (Fsp3) is 0.786. The maximum atomic E-state index is 11.5. The van der Waals surface area contributed by atoms with Crippen molar-refractivity contribution in [1.29, 1.82) is 0 Å². The molecule has 1 aliphatic heterocycles. The van der Waals surface area contributed by atoms with Gasteiger partial charge in [0.05, 0.1) is 0 Å². The summed E-state index contributed by atoms with van der Waals surface area (Å²) < 4.78 is 0. The van der Waals surface area contributed by atoms with Gasteiger partial charge in [-0.25, -0.2) is 0 Å². The van der Waals surface area contributed by atoms with Crippen LogP contribution in [-0.4, -0.2) is 29.3 Å². The van der Waals surface area contributed by atoms with Crippen molar-refractivity contribution in [3.05, 3.63) is 0 Å². The SMILES string of the molecule is CC#CC(=O)CC1CCCN(C(C)(C)C)C1. The average Bonchev–Trinajstić information content (AvgIpc) is 2.17. The van der Waals surface area contributed by atoms with E-state index in [1.54, 1.807) is 6.92 Å². The molecule has 0 saturated carbocycles. The first-order valence-electron chi connectivity index (χ1n) is 6.14. The van der Waals surface area contributed by atoms with Crippen LogP contribution >= 0.6 is 0 Å². The third-order valence-electron chi connectivity index (χ3n) is 3.21. The lowest BCUT2D eigenvalue weighted by Crippen LogP contribution is -2.47. The molecule has 16 heavy (non-hydrogen) atoms. The predicted octanol–water partition coefficient (Wildman–Crippen LogP) is 2.48. The van der Waals surface area contributed by atoms with E-state index in [1.165, 1.54) is 12.8 Å². The molecule has 0 aromatic heterocycles. The van der Waals surface area contributed by atoms with Gasteiger partial charge in [-0.3, -0.25) is 9.69 Å². The summed E-state index contributed by atoms with van der Waals surface area (Å²) in [5.41, 5.74) is 0.220. The zero-order chi connectivity index (χ0) is 12.2. The molecule has 0 spiro atoms. The van der Waals surface area contributed by atoms with E-state index in [1.807, 2.05) is 0 Å². The van der Waals surface area contributed by atoms with E-state index in [4.69, 9.17) is 0 Å². The molecule has 0 radical (unpaired) electrons. The van der Waals surface area contributed by atoms with Gasteiger partial charge < -0.3 is 0 Å². The van der Waals surface area contributed by atoms with Gasteiger partial charge >= 0.3 is 0 Å². The highest BCUT2D eigenvalue weighted by molar-refractivity contribution is 5.95. The highest BCUT2D eigenvalue weighted by Crippen LogP contribution is 2.25. The zero-order valence-corrected chi connectivity index (χ0v) is 11.0. The summed E-state index contributed by atoms with van der Waals surface area (Å²) in [6.45, 7) is 10.6. The third-order valence-corrected chi connectivity index (χ3v) is 3.21. The Morgan fingerprint density at radius 2 is 2.12 bits per heavy atom. The van der Waals surface area contributed by atoms with Crippen molar-refractivity contribution < 1.29 is 4.79 Å². The van der Waals surface area contributed by atoms with Crippen LogP contribution in [0.1, 0.15) is 47.0 Å². The van der Waals surface area contributed by atoms with E-state index in [-0.39, 0.29) is 11.3 Å². The molecular weight excluding hydrogens is 198 g/mol. The van der Waals surface area contributed by atoms with Crippen LogP contribution < -0.4 is 0 Å². The molecule has 0 aliphatic carbocycles. The Morgan fingerprint density at radius 3 is 2.69 bits per heavy atom. The van der Waals surface area contributed by atoms with Gasteiger partial charge in [-0.1, -0.05) is 5.92 Å². The summed E-state index contributed by atoms with van der Waals surface area (Å²) in [5, 5.41) is 0. The van der Waals surface area contributed by atoms with Crippen LogP contribution in [0.5, 0.6) is 0 Å². The lowest BCUT2D eigenvalue weighted by molar-refractivity contribution is -0.115. The second-order valence-corrected chi connectivity index (χ2v) is 5.63. The fourth-order valence-corrected chi connectivity index (χ4v) is 2.29. The van der Waals surface area contributed by atoms with E-state index in [2.05, 4.69) is 37.5 Å². The Labute approximate surface area is 99.4 Å². The largest absolute Gasteiger partial charge is 0.298 e. The number of carbonyl (C=O) groups excluding carboxylic acids is 1. The van der Waals surface area contributed by atoms with Crippen molar-refractivity contribution in [2.45, 2.75) is 52.5 Å². The van der Waals surface area contributed by atoms with Crippen LogP contribution in [0.15, 0.2) is 0 Å². The highest BCUT2D eigenvalue weighted by atomic mass is 16.1. The van der Waals surface area contributed by atoms with Crippen LogP contribution in [0, 0.1) is 17.8 Å². The monoisotopic (exact) mass is 221 g/mol. The number of carbonyl (C=O) groups is 1. The standard InChI is InChI=1S/C14H23NO/c1-5-7-13(16)10-12-8-6-9-15(11-12)14(2,3)4/h12H,6,8-11H2,1-4H3. The van der Waals surface area contributed by atoms with Crippen LogP contribution in [0.4, 0.5) is 0 Å². The molecule has 1 aliphatic rings. The topological polar surface area (TPSA) is 20.3 Å². The van der Waals surface area contributed by atoms with Crippen molar-refractivity contribution in [1.82, 2.24) is 4.90 Å². The first-order chi connectivity index (χ1) is 7.43. The van der Waals surface area contributed by atoms with Gasteiger partial charge in [0.25, 0.3) is 0 Å². The summed E-state index contributed by atoms with van der Waals surface area (Å²) in [6.07, 6.45) is 3.01. The lowest BCUT2D eigenvalue weighted by atomic mass is 9.90. The summed E-state index contributed by atoms with van der Waals surface area (Å²) in [6, 6.07) is 0. The first kappa shape index (κ1) is 13.3. The molecule has 1 atom stereocenters. The molecular formula is C14H23NO. The summed E-state index contributed by atoms with van der Waals surface area (Å²) in [5.74, 6) is 5.93. The first-order valence-corrected chi connectivity index (χ1v) is 6.14. The Bertz CT molecular complexity index is 303.